The molecule has 22 heavy (non-hydrogen) atoms. The second kappa shape index (κ2) is 7.91. The standard InChI is InChI=1S/C15H19FN4O.ClH/c1-10(17)7-15(21)18-8-12-9-20(19-11(12)2)14-5-3-13(16)4-6-14;/h3-6,9-10H,7-8,17H2,1-2H3,(H,18,21);1H. The zero-order valence-corrected chi connectivity index (χ0v) is 13.4. The Kier molecular flexibility index (Phi) is 6.52. The van der Waals surface area contributed by atoms with Crippen LogP contribution in [0, 0.1) is 12.7 Å². The first-order valence-corrected chi connectivity index (χ1v) is 6.79. The maximum atomic E-state index is 12.9. The molecule has 1 heterocycles. The average molecular weight is 327 g/mol. The lowest BCUT2D eigenvalue weighted by molar-refractivity contribution is -0.121. The third kappa shape index (κ3) is 4.82. The monoisotopic (exact) mass is 326 g/mol. The van der Waals surface area contributed by atoms with E-state index in [1.807, 2.05) is 13.1 Å². The number of hydrogen-bond donors (Lipinski definition) is 2. The lowest BCUT2D eigenvalue weighted by Crippen LogP contribution is -2.29. The van der Waals surface area contributed by atoms with Crippen LogP contribution in [-0.2, 0) is 11.3 Å². The molecule has 0 bridgehead atoms. The van der Waals surface area contributed by atoms with Gasteiger partial charge < -0.3 is 11.1 Å². The minimum absolute atomic E-state index is 0. The van der Waals surface area contributed by atoms with Gasteiger partial charge in [-0.25, -0.2) is 9.07 Å². The van der Waals surface area contributed by atoms with Gasteiger partial charge in [0.1, 0.15) is 5.82 Å². The van der Waals surface area contributed by atoms with Gasteiger partial charge in [-0.3, -0.25) is 4.79 Å². The van der Waals surface area contributed by atoms with Gasteiger partial charge in [-0.1, -0.05) is 0 Å². The molecule has 0 spiro atoms. The number of hydrogen-bond acceptors (Lipinski definition) is 3. The van der Waals surface area contributed by atoms with E-state index in [1.54, 1.807) is 23.7 Å². The number of rotatable bonds is 5. The van der Waals surface area contributed by atoms with Crippen LogP contribution < -0.4 is 11.1 Å². The van der Waals surface area contributed by atoms with Crippen molar-refractivity contribution in [2.45, 2.75) is 32.9 Å². The second-order valence-electron chi connectivity index (χ2n) is 5.12. The van der Waals surface area contributed by atoms with Crippen LogP contribution in [-0.4, -0.2) is 21.7 Å². The summed E-state index contributed by atoms with van der Waals surface area (Å²) in [7, 11) is 0. The van der Waals surface area contributed by atoms with Gasteiger partial charge in [0.25, 0.3) is 0 Å². The highest BCUT2D eigenvalue weighted by Gasteiger charge is 2.09. The van der Waals surface area contributed by atoms with Gasteiger partial charge >= 0.3 is 0 Å². The smallest absolute Gasteiger partial charge is 0.221 e. The highest BCUT2D eigenvalue weighted by molar-refractivity contribution is 5.85. The number of nitrogens with one attached hydrogen (secondary N) is 1. The highest BCUT2D eigenvalue weighted by atomic mass is 35.5. The van der Waals surface area contributed by atoms with E-state index in [4.69, 9.17) is 5.73 Å². The Morgan fingerprint density at radius 1 is 1.41 bits per heavy atom. The molecule has 0 aliphatic heterocycles. The van der Waals surface area contributed by atoms with Crippen molar-refractivity contribution in [2.75, 3.05) is 0 Å². The number of carbonyl (C=O) groups excluding carboxylic acids is 1. The Morgan fingerprint density at radius 2 is 2.05 bits per heavy atom. The van der Waals surface area contributed by atoms with Gasteiger partial charge in [-0.2, -0.15) is 5.10 Å². The number of halogens is 2. The van der Waals surface area contributed by atoms with E-state index < -0.39 is 0 Å². The van der Waals surface area contributed by atoms with Crippen LogP contribution in [0.15, 0.2) is 30.5 Å². The summed E-state index contributed by atoms with van der Waals surface area (Å²) < 4.78 is 14.6. The summed E-state index contributed by atoms with van der Waals surface area (Å²) in [5, 5.41) is 7.18. The summed E-state index contributed by atoms with van der Waals surface area (Å²) in [5.74, 6) is -0.370. The van der Waals surface area contributed by atoms with Gasteiger partial charge in [0.15, 0.2) is 0 Å². The summed E-state index contributed by atoms with van der Waals surface area (Å²) in [6, 6.07) is 5.92. The molecule has 0 aliphatic carbocycles. The Bertz CT molecular complexity index is 625. The number of aryl methyl sites for hydroxylation is 1. The molecular weight excluding hydrogens is 307 g/mol. The summed E-state index contributed by atoms with van der Waals surface area (Å²) in [6.07, 6.45) is 2.12. The molecule has 1 aromatic carbocycles. The lowest BCUT2D eigenvalue weighted by atomic mass is 10.2. The van der Waals surface area contributed by atoms with E-state index in [1.165, 1.54) is 12.1 Å². The zero-order valence-electron chi connectivity index (χ0n) is 12.5. The third-order valence-electron chi connectivity index (χ3n) is 3.08. The first kappa shape index (κ1) is 18.1. The molecule has 0 saturated heterocycles. The topological polar surface area (TPSA) is 72.9 Å². The van der Waals surface area contributed by atoms with E-state index in [2.05, 4.69) is 10.4 Å². The van der Waals surface area contributed by atoms with Crippen molar-refractivity contribution in [3.05, 3.63) is 47.5 Å². The van der Waals surface area contributed by atoms with Crippen molar-refractivity contribution in [1.29, 1.82) is 0 Å². The van der Waals surface area contributed by atoms with Gasteiger partial charge in [0.2, 0.25) is 5.91 Å². The molecule has 2 aromatic rings. The van der Waals surface area contributed by atoms with Crippen LogP contribution in [0.3, 0.4) is 0 Å². The molecule has 5 nitrogen and oxygen atoms in total. The lowest BCUT2D eigenvalue weighted by Gasteiger charge is -2.06. The van der Waals surface area contributed by atoms with Gasteiger partial charge in [-0.05, 0) is 38.1 Å². The molecule has 1 amide bonds. The Hall–Kier alpha value is -1.92. The number of nitrogens with two attached hydrogens (primary N) is 1. The van der Waals surface area contributed by atoms with Gasteiger partial charge in [-0.15, -0.1) is 12.4 Å². The number of amides is 1. The van der Waals surface area contributed by atoms with Crippen molar-refractivity contribution in [2.24, 2.45) is 5.73 Å². The number of nitrogens with zero attached hydrogens (tertiary/aromatic N) is 2. The number of benzene rings is 1. The number of aromatic nitrogens is 2. The van der Waals surface area contributed by atoms with Gasteiger partial charge in [0.05, 0.1) is 11.4 Å². The summed E-state index contributed by atoms with van der Waals surface area (Å²) in [5.41, 5.74) is 8.08. The van der Waals surface area contributed by atoms with Crippen molar-refractivity contribution in [3.63, 3.8) is 0 Å². The quantitative estimate of drug-likeness (QED) is 0.883. The van der Waals surface area contributed by atoms with Crippen molar-refractivity contribution < 1.29 is 9.18 Å². The summed E-state index contributed by atoms with van der Waals surface area (Å²) in [6.45, 7) is 4.06. The molecular formula is C15H20ClFN4O. The van der Waals surface area contributed by atoms with Crippen LogP contribution in [0.25, 0.3) is 5.69 Å². The fraction of sp³-hybridized carbons (Fsp3) is 0.333. The first-order chi connectivity index (χ1) is 9.95. The summed E-state index contributed by atoms with van der Waals surface area (Å²) >= 11 is 0. The predicted octanol–water partition coefficient (Wildman–Crippen LogP) is 2.10. The largest absolute Gasteiger partial charge is 0.352 e. The molecule has 0 fully saturated rings. The Morgan fingerprint density at radius 3 is 2.64 bits per heavy atom. The molecule has 1 unspecified atom stereocenters. The summed E-state index contributed by atoms with van der Waals surface area (Å²) in [4.78, 5) is 11.6. The van der Waals surface area contributed by atoms with E-state index in [9.17, 15) is 9.18 Å². The molecule has 7 heteroatoms. The Labute approximate surface area is 135 Å². The molecule has 3 N–H and O–H groups in total. The maximum absolute atomic E-state index is 12.9. The normalized spacial score (nSPS) is 11.6. The fourth-order valence-electron chi connectivity index (χ4n) is 1.95. The van der Waals surface area contributed by atoms with Crippen LogP contribution in [0.1, 0.15) is 24.6 Å². The SMILES string of the molecule is Cc1nn(-c2ccc(F)cc2)cc1CNC(=O)CC(C)N.Cl. The van der Waals surface area contributed by atoms with E-state index in [0.717, 1.165) is 16.9 Å². The minimum atomic E-state index is -0.286. The molecule has 0 aliphatic rings. The molecule has 2 rings (SSSR count). The van der Waals surface area contributed by atoms with Crippen LogP contribution in [0.5, 0.6) is 0 Å². The highest BCUT2D eigenvalue weighted by Crippen LogP contribution is 2.12. The van der Waals surface area contributed by atoms with Crippen molar-refractivity contribution in [3.8, 4) is 5.69 Å². The number of carbonyl (C=O) groups is 1. The van der Waals surface area contributed by atoms with E-state index in [-0.39, 0.29) is 30.2 Å². The van der Waals surface area contributed by atoms with Crippen LogP contribution in [0.2, 0.25) is 0 Å². The average Bonchev–Trinajstić information content (AvgIpc) is 2.78. The van der Waals surface area contributed by atoms with E-state index in [0.29, 0.717) is 13.0 Å². The van der Waals surface area contributed by atoms with Gasteiger partial charge in [0, 0.05) is 30.8 Å². The molecule has 120 valence electrons. The third-order valence-corrected chi connectivity index (χ3v) is 3.08. The van der Waals surface area contributed by atoms with Crippen molar-refractivity contribution >= 4 is 18.3 Å². The molecule has 0 saturated carbocycles. The van der Waals surface area contributed by atoms with E-state index >= 15 is 0 Å². The minimum Gasteiger partial charge on any atom is -0.352 e. The first-order valence-electron chi connectivity index (χ1n) is 6.79. The Balaban J connectivity index is 0.00000242. The zero-order chi connectivity index (χ0) is 15.4. The molecule has 0 radical (unpaired) electrons. The van der Waals surface area contributed by atoms with Crippen LogP contribution >= 0.6 is 12.4 Å². The predicted molar refractivity (Wildman–Crippen MR) is 85.6 cm³/mol. The maximum Gasteiger partial charge on any atom is 0.221 e. The van der Waals surface area contributed by atoms with Crippen LogP contribution in [0.4, 0.5) is 4.39 Å². The molecule has 1 aromatic heterocycles. The molecule has 1 atom stereocenters. The van der Waals surface area contributed by atoms with Crippen molar-refractivity contribution in [1.82, 2.24) is 15.1 Å². The fourth-order valence-corrected chi connectivity index (χ4v) is 1.95. The second-order valence-corrected chi connectivity index (χ2v) is 5.12.